The lowest BCUT2D eigenvalue weighted by molar-refractivity contribution is 0.0697. The highest BCUT2D eigenvalue weighted by Crippen LogP contribution is 2.25. The maximum absolute atomic E-state index is 11.0. The van der Waals surface area contributed by atoms with Crippen molar-refractivity contribution >= 4 is 29.4 Å². The maximum Gasteiger partial charge on any atom is 0.335 e. The smallest absolute Gasteiger partial charge is 0.335 e. The third-order valence-corrected chi connectivity index (χ3v) is 2.82. The number of rotatable bonds is 4. The van der Waals surface area contributed by atoms with Crippen molar-refractivity contribution in [3.63, 3.8) is 0 Å². The van der Waals surface area contributed by atoms with E-state index in [1.165, 1.54) is 25.3 Å². The average Bonchev–Trinajstić information content (AvgIpc) is 2.55. The normalized spacial score (nSPS) is 11.9. The fourth-order valence-corrected chi connectivity index (χ4v) is 1.79. The molecule has 0 amide bonds. The van der Waals surface area contributed by atoms with Crippen molar-refractivity contribution < 1.29 is 14.6 Å². The molecule has 0 aliphatic carbocycles. The van der Waals surface area contributed by atoms with Gasteiger partial charge in [0.1, 0.15) is 5.75 Å². The van der Waals surface area contributed by atoms with Crippen LogP contribution in [0.5, 0.6) is 5.75 Å². The third kappa shape index (κ3) is 4.44. The number of hydrogen-bond donors (Lipinski definition) is 4. The SMILES string of the molecule is COc1ccc(C(=O)O)cc1NC(N)=NC(N)=Nc1ccccn1. The van der Waals surface area contributed by atoms with Crippen LogP contribution in [0.4, 0.5) is 11.5 Å². The minimum atomic E-state index is -1.08. The van der Waals surface area contributed by atoms with Crippen molar-refractivity contribution in [2.24, 2.45) is 21.5 Å². The van der Waals surface area contributed by atoms with Gasteiger partial charge in [-0.25, -0.2) is 9.78 Å². The molecule has 2 rings (SSSR count). The van der Waals surface area contributed by atoms with Gasteiger partial charge >= 0.3 is 5.97 Å². The summed E-state index contributed by atoms with van der Waals surface area (Å²) in [6.45, 7) is 0. The molecule has 0 radical (unpaired) electrons. The zero-order valence-electron chi connectivity index (χ0n) is 12.8. The van der Waals surface area contributed by atoms with Gasteiger partial charge in [0.2, 0.25) is 11.9 Å². The second-order valence-corrected chi connectivity index (χ2v) is 4.50. The van der Waals surface area contributed by atoms with E-state index in [2.05, 4.69) is 20.3 Å². The Morgan fingerprint density at radius 1 is 1.29 bits per heavy atom. The number of benzene rings is 1. The lowest BCUT2D eigenvalue weighted by Gasteiger charge is -2.11. The Kier molecular flexibility index (Phi) is 5.29. The second kappa shape index (κ2) is 7.58. The number of aliphatic imine (C=N–C) groups is 2. The molecule has 0 bridgehead atoms. The summed E-state index contributed by atoms with van der Waals surface area (Å²) in [5.74, 6) is -0.470. The Morgan fingerprint density at radius 2 is 2.08 bits per heavy atom. The molecule has 0 atom stereocenters. The van der Waals surface area contributed by atoms with Crippen LogP contribution >= 0.6 is 0 Å². The molecule has 9 heteroatoms. The Bertz CT molecular complexity index is 789. The molecule has 124 valence electrons. The molecule has 0 saturated carbocycles. The van der Waals surface area contributed by atoms with Crippen molar-refractivity contribution in [3.05, 3.63) is 48.2 Å². The van der Waals surface area contributed by atoms with Gasteiger partial charge in [0.05, 0.1) is 18.4 Å². The first-order valence-electron chi connectivity index (χ1n) is 6.77. The number of hydrogen-bond acceptors (Lipinski definition) is 4. The predicted molar refractivity (Wildman–Crippen MR) is 90.7 cm³/mol. The van der Waals surface area contributed by atoms with Crippen LogP contribution in [0, 0.1) is 0 Å². The van der Waals surface area contributed by atoms with Gasteiger partial charge in [0.15, 0.2) is 5.82 Å². The number of guanidine groups is 2. The summed E-state index contributed by atoms with van der Waals surface area (Å²) in [5, 5.41) is 11.8. The highest BCUT2D eigenvalue weighted by Gasteiger charge is 2.10. The van der Waals surface area contributed by atoms with Crippen molar-refractivity contribution in [3.8, 4) is 5.75 Å². The number of aromatic nitrogens is 1. The molecule has 1 heterocycles. The molecule has 24 heavy (non-hydrogen) atoms. The number of methoxy groups -OCH3 is 1. The molecule has 1 aromatic heterocycles. The zero-order valence-corrected chi connectivity index (χ0v) is 12.8. The fourth-order valence-electron chi connectivity index (χ4n) is 1.79. The van der Waals surface area contributed by atoms with Crippen LogP contribution < -0.4 is 21.5 Å². The summed E-state index contributed by atoms with van der Waals surface area (Å²) in [4.78, 5) is 22.9. The number of pyridine rings is 1. The highest BCUT2D eigenvalue weighted by molar-refractivity contribution is 6.02. The molecular weight excluding hydrogens is 312 g/mol. The topological polar surface area (TPSA) is 148 Å². The summed E-state index contributed by atoms with van der Waals surface area (Å²) in [6.07, 6.45) is 1.57. The molecule has 0 fully saturated rings. The molecule has 0 spiro atoms. The van der Waals surface area contributed by atoms with Gasteiger partial charge in [-0.3, -0.25) is 0 Å². The highest BCUT2D eigenvalue weighted by atomic mass is 16.5. The number of ether oxygens (including phenoxy) is 1. The molecule has 0 unspecified atom stereocenters. The Morgan fingerprint density at radius 3 is 2.71 bits per heavy atom. The van der Waals surface area contributed by atoms with Gasteiger partial charge in [-0.1, -0.05) is 6.07 Å². The summed E-state index contributed by atoms with van der Waals surface area (Å²) in [7, 11) is 1.45. The van der Waals surface area contributed by atoms with Crippen molar-refractivity contribution in [1.29, 1.82) is 0 Å². The Balaban J connectivity index is 2.22. The van der Waals surface area contributed by atoms with Crippen LogP contribution in [0.3, 0.4) is 0 Å². The van der Waals surface area contributed by atoms with Crippen LogP contribution in [0.25, 0.3) is 0 Å². The summed E-state index contributed by atoms with van der Waals surface area (Å²) >= 11 is 0. The summed E-state index contributed by atoms with van der Waals surface area (Å²) in [6, 6.07) is 9.45. The van der Waals surface area contributed by atoms with Crippen LogP contribution in [0.2, 0.25) is 0 Å². The average molecular weight is 328 g/mol. The van der Waals surface area contributed by atoms with E-state index in [1.807, 2.05) is 0 Å². The first-order chi connectivity index (χ1) is 11.5. The molecule has 0 saturated heterocycles. The van der Waals surface area contributed by atoms with Crippen molar-refractivity contribution in [2.45, 2.75) is 0 Å². The molecular formula is C15H16N6O3. The van der Waals surface area contributed by atoms with Crippen molar-refractivity contribution in [1.82, 2.24) is 4.98 Å². The predicted octanol–water partition coefficient (Wildman–Crippen LogP) is 1.16. The van der Waals surface area contributed by atoms with E-state index in [0.717, 1.165) is 0 Å². The van der Waals surface area contributed by atoms with E-state index in [9.17, 15) is 4.79 Å². The van der Waals surface area contributed by atoms with E-state index in [4.69, 9.17) is 21.3 Å². The van der Waals surface area contributed by atoms with Crippen LogP contribution in [-0.4, -0.2) is 35.1 Å². The Labute approximate surface area is 137 Å². The van der Waals surface area contributed by atoms with E-state index >= 15 is 0 Å². The number of anilines is 1. The van der Waals surface area contributed by atoms with Crippen LogP contribution in [-0.2, 0) is 0 Å². The number of nitrogens with zero attached hydrogens (tertiary/aromatic N) is 3. The van der Waals surface area contributed by atoms with E-state index < -0.39 is 5.97 Å². The minimum absolute atomic E-state index is 0.0706. The lowest BCUT2D eigenvalue weighted by Crippen LogP contribution is -2.26. The number of nitrogens with one attached hydrogen (secondary N) is 1. The standard InChI is InChI=1S/C15H16N6O3/c1-24-11-6-5-9(13(22)23)8-10(11)19-14(16)21-15(17)20-12-4-2-3-7-18-12/h2-8H,1H3,(H,22,23)(H5,16,17,18,19,20,21). The largest absolute Gasteiger partial charge is 0.495 e. The zero-order chi connectivity index (χ0) is 17.5. The molecule has 1 aromatic carbocycles. The van der Waals surface area contributed by atoms with Gasteiger partial charge in [-0.05, 0) is 30.3 Å². The first kappa shape index (κ1) is 16.7. The number of nitrogens with two attached hydrogens (primary N) is 2. The van der Waals surface area contributed by atoms with Crippen molar-refractivity contribution in [2.75, 3.05) is 12.4 Å². The number of carboxylic acids is 1. The van der Waals surface area contributed by atoms with E-state index in [-0.39, 0.29) is 17.5 Å². The molecule has 9 nitrogen and oxygen atoms in total. The van der Waals surface area contributed by atoms with E-state index in [0.29, 0.717) is 17.3 Å². The van der Waals surface area contributed by atoms with Gasteiger partial charge < -0.3 is 26.6 Å². The molecule has 0 aliphatic rings. The van der Waals surface area contributed by atoms with Gasteiger partial charge in [-0.2, -0.15) is 9.98 Å². The molecule has 6 N–H and O–H groups in total. The quantitative estimate of drug-likeness (QED) is 0.486. The monoisotopic (exact) mass is 328 g/mol. The molecule has 2 aromatic rings. The second-order valence-electron chi connectivity index (χ2n) is 4.50. The fraction of sp³-hybridized carbons (Fsp3) is 0.0667. The minimum Gasteiger partial charge on any atom is -0.495 e. The Hall–Kier alpha value is -3.62. The van der Waals surface area contributed by atoms with Gasteiger partial charge in [0, 0.05) is 6.20 Å². The lowest BCUT2D eigenvalue weighted by atomic mass is 10.2. The number of carboxylic acid groups (broad SMARTS) is 1. The van der Waals surface area contributed by atoms with Gasteiger partial charge in [0.25, 0.3) is 0 Å². The maximum atomic E-state index is 11.0. The summed E-state index contributed by atoms with van der Waals surface area (Å²) in [5.41, 5.74) is 11.9. The first-order valence-corrected chi connectivity index (χ1v) is 6.77. The number of aromatic carboxylic acids is 1. The molecule has 0 aliphatic heterocycles. The van der Waals surface area contributed by atoms with Crippen LogP contribution in [0.1, 0.15) is 10.4 Å². The van der Waals surface area contributed by atoms with Crippen LogP contribution in [0.15, 0.2) is 52.6 Å². The number of carbonyl (C=O) groups is 1. The van der Waals surface area contributed by atoms with Gasteiger partial charge in [-0.15, -0.1) is 0 Å². The third-order valence-electron chi connectivity index (χ3n) is 2.82. The van der Waals surface area contributed by atoms with E-state index in [1.54, 1.807) is 24.4 Å². The summed E-state index contributed by atoms with van der Waals surface area (Å²) < 4.78 is 5.14.